The molecule has 1 atom stereocenters. The molecule has 142 valence electrons. The second kappa shape index (κ2) is 7.90. The maximum atomic E-state index is 12.9. The highest BCUT2D eigenvalue weighted by Gasteiger charge is 2.24. The molecule has 2 aromatic rings. The van der Waals surface area contributed by atoms with Crippen LogP contribution in [0, 0.1) is 5.92 Å². The summed E-state index contributed by atoms with van der Waals surface area (Å²) in [7, 11) is 0. The van der Waals surface area contributed by atoms with Crippen LogP contribution in [-0.2, 0) is 0 Å². The van der Waals surface area contributed by atoms with Crippen LogP contribution in [0.2, 0.25) is 0 Å². The summed E-state index contributed by atoms with van der Waals surface area (Å²) in [6.07, 6.45) is 7.59. The Balaban J connectivity index is 1.42. The Morgan fingerprint density at radius 2 is 1.74 bits per heavy atom. The smallest absolute Gasteiger partial charge is 0.254 e. The van der Waals surface area contributed by atoms with Crippen LogP contribution in [0.3, 0.4) is 0 Å². The first-order valence-electron chi connectivity index (χ1n) is 9.73. The molecule has 0 aliphatic carbocycles. The Labute approximate surface area is 160 Å². The van der Waals surface area contributed by atoms with E-state index in [1.54, 1.807) is 18.6 Å². The number of rotatable bonds is 3. The lowest BCUT2D eigenvalue weighted by atomic mass is 9.99. The van der Waals surface area contributed by atoms with Gasteiger partial charge in [0.2, 0.25) is 5.95 Å². The van der Waals surface area contributed by atoms with E-state index in [0.29, 0.717) is 5.92 Å². The van der Waals surface area contributed by atoms with Crippen LogP contribution >= 0.6 is 0 Å². The van der Waals surface area contributed by atoms with E-state index in [9.17, 15) is 4.79 Å². The molecule has 0 bridgehead atoms. The third-order valence-electron chi connectivity index (χ3n) is 5.38. The lowest BCUT2D eigenvalue weighted by Crippen LogP contribution is -2.47. The third kappa shape index (κ3) is 4.02. The van der Waals surface area contributed by atoms with Gasteiger partial charge in [0.05, 0.1) is 0 Å². The molecule has 0 N–H and O–H groups in total. The van der Waals surface area contributed by atoms with Gasteiger partial charge in [-0.15, -0.1) is 0 Å². The molecule has 0 spiro atoms. The maximum absolute atomic E-state index is 12.9. The minimum Gasteiger partial charge on any atom is -0.353 e. The quantitative estimate of drug-likeness (QED) is 0.829. The summed E-state index contributed by atoms with van der Waals surface area (Å²) in [6.45, 7) is 7.28. The second-order valence-electron chi connectivity index (χ2n) is 7.42. The van der Waals surface area contributed by atoms with E-state index < -0.39 is 0 Å². The number of carbonyl (C=O) groups excluding carboxylic acids is 1. The van der Waals surface area contributed by atoms with Crippen molar-refractivity contribution in [3.8, 4) is 0 Å². The predicted molar refractivity (Wildman–Crippen MR) is 105 cm³/mol. The number of likely N-dealkylation sites (tertiary alicyclic amines) is 1. The summed E-state index contributed by atoms with van der Waals surface area (Å²) in [5.74, 6) is 2.35. The molecule has 1 amide bonds. The molecular formula is C20H26N6O. The molecule has 0 aromatic carbocycles. The molecule has 1 unspecified atom stereocenters. The van der Waals surface area contributed by atoms with E-state index in [1.807, 2.05) is 23.1 Å². The number of hydrogen-bond donors (Lipinski definition) is 0. The highest BCUT2D eigenvalue weighted by Crippen LogP contribution is 2.21. The van der Waals surface area contributed by atoms with Crippen LogP contribution in [0.4, 0.5) is 11.8 Å². The summed E-state index contributed by atoms with van der Waals surface area (Å²) >= 11 is 0. The zero-order valence-electron chi connectivity index (χ0n) is 15.8. The number of amides is 1. The Kier molecular flexibility index (Phi) is 5.18. The standard InChI is InChI=1S/C20H26N6O/c1-16-4-2-9-26(15-16)19(27)17-5-8-21-18(14-17)24-10-12-25(13-11-24)20-22-6-3-7-23-20/h3,5-8,14,16H,2,4,9-13,15H2,1H3. The molecule has 7 heteroatoms. The van der Waals surface area contributed by atoms with Gasteiger partial charge < -0.3 is 14.7 Å². The van der Waals surface area contributed by atoms with Gasteiger partial charge in [0, 0.05) is 63.4 Å². The van der Waals surface area contributed by atoms with Gasteiger partial charge in [-0.25, -0.2) is 15.0 Å². The fraction of sp³-hybridized carbons (Fsp3) is 0.500. The average Bonchev–Trinajstić information content (AvgIpc) is 2.74. The number of carbonyl (C=O) groups is 1. The van der Waals surface area contributed by atoms with Crippen molar-refractivity contribution in [1.82, 2.24) is 19.9 Å². The van der Waals surface area contributed by atoms with Gasteiger partial charge in [0.15, 0.2) is 0 Å². The molecular weight excluding hydrogens is 340 g/mol. The van der Waals surface area contributed by atoms with Crippen LogP contribution in [0.1, 0.15) is 30.1 Å². The van der Waals surface area contributed by atoms with E-state index in [-0.39, 0.29) is 5.91 Å². The van der Waals surface area contributed by atoms with Crippen molar-refractivity contribution < 1.29 is 4.79 Å². The van der Waals surface area contributed by atoms with Crippen molar-refractivity contribution >= 4 is 17.7 Å². The van der Waals surface area contributed by atoms with Crippen molar-refractivity contribution in [3.05, 3.63) is 42.4 Å². The average molecular weight is 366 g/mol. The van der Waals surface area contributed by atoms with Crippen LogP contribution in [0.5, 0.6) is 0 Å². The summed E-state index contributed by atoms with van der Waals surface area (Å²) in [6, 6.07) is 5.60. The lowest BCUT2D eigenvalue weighted by Gasteiger charge is -2.35. The first-order valence-corrected chi connectivity index (χ1v) is 9.73. The summed E-state index contributed by atoms with van der Waals surface area (Å²) in [5, 5.41) is 0. The van der Waals surface area contributed by atoms with Crippen molar-refractivity contribution in [1.29, 1.82) is 0 Å². The first kappa shape index (κ1) is 17.7. The van der Waals surface area contributed by atoms with Gasteiger partial charge in [0.25, 0.3) is 5.91 Å². The summed E-state index contributed by atoms with van der Waals surface area (Å²) in [4.78, 5) is 32.4. The molecule has 4 rings (SSSR count). The van der Waals surface area contributed by atoms with Crippen molar-refractivity contribution in [3.63, 3.8) is 0 Å². The highest BCUT2D eigenvalue weighted by molar-refractivity contribution is 5.95. The zero-order valence-corrected chi connectivity index (χ0v) is 15.8. The molecule has 4 heterocycles. The molecule has 2 aliphatic heterocycles. The Hall–Kier alpha value is -2.70. The number of piperazine rings is 1. The summed E-state index contributed by atoms with van der Waals surface area (Å²) < 4.78 is 0. The van der Waals surface area contributed by atoms with E-state index >= 15 is 0 Å². The third-order valence-corrected chi connectivity index (χ3v) is 5.38. The van der Waals surface area contributed by atoms with Gasteiger partial charge >= 0.3 is 0 Å². The number of hydrogen-bond acceptors (Lipinski definition) is 6. The molecule has 2 fully saturated rings. The van der Waals surface area contributed by atoms with Crippen molar-refractivity contribution in [2.45, 2.75) is 19.8 Å². The predicted octanol–water partition coefficient (Wildman–Crippen LogP) is 2.07. The molecule has 2 aromatic heterocycles. The fourth-order valence-electron chi connectivity index (χ4n) is 3.87. The number of piperidine rings is 1. The minimum atomic E-state index is 0.126. The zero-order chi connectivity index (χ0) is 18.6. The van der Waals surface area contributed by atoms with Gasteiger partial charge in [-0.1, -0.05) is 6.92 Å². The monoisotopic (exact) mass is 366 g/mol. The molecule has 2 aliphatic rings. The van der Waals surface area contributed by atoms with Crippen LogP contribution in [0.15, 0.2) is 36.8 Å². The molecule has 0 radical (unpaired) electrons. The van der Waals surface area contributed by atoms with Crippen LogP contribution in [-0.4, -0.2) is 65.0 Å². The molecule has 0 saturated carbocycles. The summed E-state index contributed by atoms with van der Waals surface area (Å²) in [5.41, 5.74) is 0.739. The maximum Gasteiger partial charge on any atom is 0.254 e. The van der Waals surface area contributed by atoms with Crippen molar-refractivity contribution in [2.24, 2.45) is 5.92 Å². The van der Waals surface area contributed by atoms with Crippen LogP contribution in [0.25, 0.3) is 0 Å². The highest BCUT2D eigenvalue weighted by atomic mass is 16.2. The SMILES string of the molecule is CC1CCCN(C(=O)c2ccnc(N3CCN(c4ncccn4)CC3)c2)C1. The minimum absolute atomic E-state index is 0.126. The van der Waals surface area contributed by atoms with E-state index in [0.717, 1.165) is 63.0 Å². The Bertz CT molecular complexity index is 775. The van der Waals surface area contributed by atoms with Crippen molar-refractivity contribution in [2.75, 3.05) is 49.1 Å². The molecule has 7 nitrogen and oxygen atoms in total. The fourth-order valence-corrected chi connectivity index (χ4v) is 3.87. The number of aromatic nitrogens is 3. The topological polar surface area (TPSA) is 65.5 Å². The molecule has 2 saturated heterocycles. The first-order chi connectivity index (χ1) is 13.2. The number of nitrogens with zero attached hydrogens (tertiary/aromatic N) is 6. The van der Waals surface area contributed by atoms with E-state index in [1.165, 1.54) is 6.42 Å². The van der Waals surface area contributed by atoms with Gasteiger partial charge in [0.1, 0.15) is 5.82 Å². The normalized spacial score (nSPS) is 20.6. The lowest BCUT2D eigenvalue weighted by molar-refractivity contribution is 0.0683. The Morgan fingerprint density at radius 1 is 1.00 bits per heavy atom. The largest absolute Gasteiger partial charge is 0.353 e. The van der Waals surface area contributed by atoms with Gasteiger partial charge in [-0.05, 0) is 37.0 Å². The van der Waals surface area contributed by atoms with E-state index in [4.69, 9.17) is 0 Å². The van der Waals surface area contributed by atoms with E-state index in [2.05, 4.69) is 31.7 Å². The van der Waals surface area contributed by atoms with Crippen LogP contribution < -0.4 is 9.80 Å². The Morgan fingerprint density at radius 3 is 2.48 bits per heavy atom. The molecule has 27 heavy (non-hydrogen) atoms. The number of anilines is 2. The second-order valence-corrected chi connectivity index (χ2v) is 7.42. The van der Waals surface area contributed by atoms with Gasteiger partial charge in [-0.3, -0.25) is 4.79 Å². The number of pyridine rings is 1. The van der Waals surface area contributed by atoms with Gasteiger partial charge in [-0.2, -0.15) is 0 Å².